The maximum atomic E-state index is 12.4. The Bertz CT molecular complexity index is 762. The number of amides is 2. The van der Waals surface area contributed by atoms with E-state index in [1.165, 1.54) is 12.0 Å². The SMILES string of the molecule is COc1ccc(C)cc1N1CC(C(=O)N[C@@H](CCC(=O)O)C(=O)O)CC1=O. The Morgan fingerprint density at radius 1 is 1.33 bits per heavy atom. The van der Waals surface area contributed by atoms with Gasteiger partial charge in [0.15, 0.2) is 0 Å². The van der Waals surface area contributed by atoms with Crippen molar-refractivity contribution in [3.63, 3.8) is 0 Å². The first-order valence-electron chi connectivity index (χ1n) is 8.43. The lowest BCUT2D eigenvalue weighted by Gasteiger charge is -2.20. The summed E-state index contributed by atoms with van der Waals surface area (Å²) in [7, 11) is 1.48. The number of aryl methyl sites for hydroxylation is 1. The summed E-state index contributed by atoms with van der Waals surface area (Å²) in [6, 6.07) is 4.04. The van der Waals surface area contributed by atoms with E-state index in [1.807, 2.05) is 13.0 Å². The summed E-state index contributed by atoms with van der Waals surface area (Å²) in [5, 5.41) is 20.2. The van der Waals surface area contributed by atoms with E-state index in [0.29, 0.717) is 11.4 Å². The van der Waals surface area contributed by atoms with Gasteiger partial charge in [-0.1, -0.05) is 6.07 Å². The number of carboxylic acids is 2. The molecule has 2 amide bonds. The minimum Gasteiger partial charge on any atom is -0.495 e. The van der Waals surface area contributed by atoms with Crippen LogP contribution in [-0.4, -0.2) is 53.7 Å². The number of rotatable bonds is 8. The molecule has 1 aromatic carbocycles. The van der Waals surface area contributed by atoms with Gasteiger partial charge in [0.05, 0.1) is 18.7 Å². The average Bonchev–Trinajstić information content (AvgIpc) is 2.99. The molecule has 27 heavy (non-hydrogen) atoms. The van der Waals surface area contributed by atoms with Crippen LogP contribution in [0.4, 0.5) is 5.69 Å². The first-order valence-corrected chi connectivity index (χ1v) is 8.43. The summed E-state index contributed by atoms with van der Waals surface area (Å²) in [5.74, 6) is -3.55. The number of carbonyl (C=O) groups excluding carboxylic acids is 2. The van der Waals surface area contributed by atoms with E-state index in [2.05, 4.69) is 5.32 Å². The molecule has 1 unspecified atom stereocenters. The highest BCUT2D eigenvalue weighted by Gasteiger charge is 2.37. The van der Waals surface area contributed by atoms with Gasteiger partial charge in [-0.15, -0.1) is 0 Å². The van der Waals surface area contributed by atoms with Gasteiger partial charge in [0, 0.05) is 19.4 Å². The van der Waals surface area contributed by atoms with E-state index in [1.54, 1.807) is 12.1 Å². The Morgan fingerprint density at radius 2 is 2.04 bits per heavy atom. The van der Waals surface area contributed by atoms with Crippen molar-refractivity contribution in [2.75, 3.05) is 18.6 Å². The zero-order valence-electron chi connectivity index (χ0n) is 15.1. The molecule has 9 heteroatoms. The first-order chi connectivity index (χ1) is 12.7. The summed E-state index contributed by atoms with van der Waals surface area (Å²) >= 11 is 0. The Labute approximate surface area is 155 Å². The van der Waals surface area contributed by atoms with E-state index in [0.717, 1.165) is 5.56 Å². The fraction of sp³-hybridized carbons (Fsp3) is 0.444. The summed E-state index contributed by atoms with van der Waals surface area (Å²) in [5.41, 5.74) is 1.48. The van der Waals surface area contributed by atoms with Crippen LogP contribution in [0.25, 0.3) is 0 Å². The zero-order chi connectivity index (χ0) is 20.1. The molecular formula is C18H22N2O7. The molecule has 1 aromatic rings. The number of ether oxygens (including phenoxy) is 1. The van der Waals surface area contributed by atoms with Crippen LogP contribution in [0.3, 0.4) is 0 Å². The van der Waals surface area contributed by atoms with Crippen molar-refractivity contribution in [3.8, 4) is 5.75 Å². The number of carbonyl (C=O) groups is 4. The van der Waals surface area contributed by atoms with Crippen molar-refractivity contribution in [2.45, 2.75) is 32.2 Å². The number of hydrogen-bond acceptors (Lipinski definition) is 5. The number of nitrogens with zero attached hydrogens (tertiary/aromatic N) is 1. The Morgan fingerprint density at radius 3 is 2.63 bits per heavy atom. The predicted octanol–water partition coefficient (Wildman–Crippen LogP) is 0.791. The van der Waals surface area contributed by atoms with Crippen LogP contribution in [0.5, 0.6) is 5.75 Å². The van der Waals surface area contributed by atoms with Gasteiger partial charge in [0.1, 0.15) is 11.8 Å². The van der Waals surface area contributed by atoms with Gasteiger partial charge in [-0.25, -0.2) is 4.79 Å². The van der Waals surface area contributed by atoms with Crippen LogP contribution in [0.1, 0.15) is 24.8 Å². The molecule has 2 rings (SSSR count). The lowest BCUT2D eigenvalue weighted by molar-refractivity contribution is -0.143. The maximum absolute atomic E-state index is 12.4. The number of carboxylic acid groups (broad SMARTS) is 2. The molecule has 3 N–H and O–H groups in total. The molecule has 1 saturated heterocycles. The number of hydrogen-bond donors (Lipinski definition) is 3. The highest BCUT2D eigenvalue weighted by atomic mass is 16.5. The molecule has 0 radical (unpaired) electrons. The normalized spacial score (nSPS) is 17.5. The largest absolute Gasteiger partial charge is 0.495 e. The van der Waals surface area contributed by atoms with Crippen molar-refractivity contribution in [1.82, 2.24) is 5.32 Å². The smallest absolute Gasteiger partial charge is 0.326 e. The van der Waals surface area contributed by atoms with Gasteiger partial charge in [-0.2, -0.15) is 0 Å². The third kappa shape index (κ3) is 4.96. The van der Waals surface area contributed by atoms with Gasteiger partial charge in [-0.3, -0.25) is 14.4 Å². The quantitative estimate of drug-likeness (QED) is 0.609. The minimum atomic E-state index is -1.31. The molecular weight excluding hydrogens is 356 g/mol. The molecule has 1 fully saturated rings. The van der Waals surface area contributed by atoms with E-state index >= 15 is 0 Å². The van der Waals surface area contributed by atoms with Crippen molar-refractivity contribution in [3.05, 3.63) is 23.8 Å². The van der Waals surface area contributed by atoms with Crippen molar-refractivity contribution in [1.29, 1.82) is 0 Å². The van der Waals surface area contributed by atoms with Crippen LogP contribution < -0.4 is 15.0 Å². The van der Waals surface area contributed by atoms with Gasteiger partial charge in [-0.05, 0) is 31.0 Å². The Kier molecular flexibility index (Phi) is 6.38. The van der Waals surface area contributed by atoms with Gasteiger partial charge >= 0.3 is 11.9 Å². The summed E-state index contributed by atoms with van der Waals surface area (Å²) in [6.07, 6.45) is -0.672. The van der Waals surface area contributed by atoms with Crippen molar-refractivity contribution in [2.24, 2.45) is 5.92 Å². The van der Waals surface area contributed by atoms with Crippen molar-refractivity contribution < 1.29 is 34.1 Å². The summed E-state index contributed by atoms with van der Waals surface area (Å²) < 4.78 is 5.28. The monoisotopic (exact) mass is 378 g/mol. The van der Waals surface area contributed by atoms with Crippen molar-refractivity contribution >= 4 is 29.4 Å². The first kappa shape index (κ1) is 20.2. The third-order valence-corrected chi connectivity index (χ3v) is 4.38. The number of benzene rings is 1. The van der Waals surface area contributed by atoms with Gasteiger partial charge < -0.3 is 25.2 Å². The van der Waals surface area contributed by atoms with Gasteiger partial charge in [0.25, 0.3) is 0 Å². The molecule has 9 nitrogen and oxygen atoms in total. The minimum absolute atomic E-state index is 0.0613. The summed E-state index contributed by atoms with van der Waals surface area (Å²) in [4.78, 5) is 48.1. The standard InChI is InChI=1S/C18H22N2O7/c1-10-3-5-14(27-2)13(7-10)20-9-11(8-15(20)21)17(24)19-12(18(25)26)4-6-16(22)23/h3,5,7,11-12H,4,6,8-9H2,1-2H3,(H,19,24)(H,22,23)(H,25,26)/t11?,12-/m0/s1. The second-order valence-corrected chi connectivity index (χ2v) is 6.41. The molecule has 0 aliphatic carbocycles. The molecule has 146 valence electrons. The molecule has 0 aromatic heterocycles. The molecule has 2 atom stereocenters. The predicted molar refractivity (Wildman–Crippen MR) is 94.6 cm³/mol. The fourth-order valence-electron chi connectivity index (χ4n) is 2.94. The Balaban J connectivity index is 2.10. The average molecular weight is 378 g/mol. The molecule has 0 spiro atoms. The number of anilines is 1. The Hall–Kier alpha value is -3.10. The molecule has 1 heterocycles. The van der Waals surface area contributed by atoms with E-state index in [4.69, 9.17) is 14.9 Å². The third-order valence-electron chi connectivity index (χ3n) is 4.38. The van der Waals surface area contributed by atoms with Crippen LogP contribution in [-0.2, 0) is 19.2 Å². The van der Waals surface area contributed by atoms with Crippen LogP contribution >= 0.6 is 0 Å². The van der Waals surface area contributed by atoms with Crippen LogP contribution in [0.2, 0.25) is 0 Å². The lowest BCUT2D eigenvalue weighted by atomic mass is 10.1. The highest BCUT2D eigenvalue weighted by Crippen LogP contribution is 2.34. The molecule has 0 bridgehead atoms. The molecule has 0 saturated carbocycles. The molecule has 1 aliphatic heterocycles. The lowest BCUT2D eigenvalue weighted by Crippen LogP contribution is -2.44. The van der Waals surface area contributed by atoms with Gasteiger partial charge in [0.2, 0.25) is 11.8 Å². The number of aliphatic carboxylic acids is 2. The maximum Gasteiger partial charge on any atom is 0.326 e. The zero-order valence-corrected chi connectivity index (χ0v) is 15.1. The van der Waals surface area contributed by atoms with E-state index in [-0.39, 0.29) is 31.7 Å². The number of methoxy groups -OCH3 is 1. The van der Waals surface area contributed by atoms with Crippen LogP contribution in [0.15, 0.2) is 18.2 Å². The highest BCUT2D eigenvalue weighted by molar-refractivity contribution is 6.01. The topological polar surface area (TPSA) is 133 Å². The van der Waals surface area contributed by atoms with E-state index < -0.39 is 29.8 Å². The second kappa shape index (κ2) is 8.52. The number of nitrogens with one attached hydrogen (secondary N) is 1. The fourth-order valence-corrected chi connectivity index (χ4v) is 2.94. The summed E-state index contributed by atoms with van der Waals surface area (Å²) in [6.45, 7) is 1.96. The molecule has 1 aliphatic rings. The van der Waals surface area contributed by atoms with E-state index in [9.17, 15) is 19.2 Å². The van der Waals surface area contributed by atoms with Crippen LogP contribution in [0, 0.1) is 12.8 Å². The second-order valence-electron chi connectivity index (χ2n) is 6.41.